The Bertz CT molecular complexity index is 1050. The molecule has 8 nitrogen and oxygen atoms in total. The summed E-state index contributed by atoms with van der Waals surface area (Å²) in [7, 11) is 1.26. The minimum absolute atomic E-state index is 0.00473. The predicted molar refractivity (Wildman–Crippen MR) is 91.4 cm³/mol. The standard InChI is InChI=1S/C16H12FN3O5S/c1-7-12-14(25-11-6-9(17)4-5-10(11)20(22)23)18-8(2)19-15(12)26-13(7)16(21)24-3/h4-6H,1-3H3. The number of carbonyl (C=O) groups is 1. The fourth-order valence-corrected chi connectivity index (χ4v) is 3.52. The molecule has 3 aromatic rings. The van der Waals surface area contributed by atoms with Gasteiger partial charge < -0.3 is 9.47 Å². The molecule has 0 unspecified atom stereocenters. The number of nitrogens with zero attached hydrogens (tertiary/aromatic N) is 3. The molecule has 0 amide bonds. The molecule has 1 aromatic carbocycles. The maximum absolute atomic E-state index is 13.5. The van der Waals surface area contributed by atoms with E-state index in [2.05, 4.69) is 9.97 Å². The summed E-state index contributed by atoms with van der Waals surface area (Å²) in [4.78, 5) is 31.6. The average molecular weight is 377 g/mol. The molecule has 0 radical (unpaired) electrons. The summed E-state index contributed by atoms with van der Waals surface area (Å²) in [6.45, 7) is 3.27. The molecule has 0 N–H and O–H groups in total. The highest BCUT2D eigenvalue weighted by molar-refractivity contribution is 7.20. The lowest BCUT2D eigenvalue weighted by molar-refractivity contribution is -0.385. The zero-order chi connectivity index (χ0) is 19.0. The van der Waals surface area contributed by atoms with E-state index in [0.717, 1.165) is 29.5 Å². The summed E-state index contributed by atoms with van der Waals surface area (Å²) in [6, 6.07) is 2.89. The van der Waals surface area contributed by atoms with Gasteiger partial charge in [0.05, 0.1) is 17.4 Å². The minimum atomic E-state index is -0.690. The van der Waals surface area contributed by atoms with Gasteiger partial charge in [-0.05, 0) is 25.5 Å². The molecule has 0 aliphatic carbocycles. The second kappa shape index (κ2) is 6.64. The maximum Gasteiger partial charge on any atom is 0.348 e. The van der Waals surface area contributed by atoms with E-state index in [-0.39, 0.29) is 11.6 Å². The van der Waals surface area contributed by atoms with Crippen LogP contribution in [0, 0.1) is 29.8 Å². The normalized spacial score (nSPS) is 10.8. The molecule has 10 heteroatoms. The number of rotatable bonds is 4. The van der Waals surface area contributed by atoms with Crippen LogP contribution in [0.25, 0.3) is 10.2 Å². The lowest BCUT2D eigenvalue weighted by atomic mass is 10.2. The van der Waals surface area contributed by atoms with Crippen molar-refractivity contribution in [2.24, 2.45) is 0 Å². The number of halogens is 1. The van der Waals surface area contributed by atoms with E-state index in [1.807, 2.05) is 0 Å². The van der Waals surface area contributed by atoms with Crippen molar-refractivity contribution in [3.05, 3.63) is 50.4 Å². The molecule has 134 valence electrons. The van der Waals surface area contributed by atoms with Crippen molar-refractivity contribution in [1.29, 1.82) is 0 Å². The van der Waals surface area contributed by atoms with E-state index in [1.54, 1.807) is 13.8 Å². The second-order valence-corrected chi connectivity index (χ2v) is 6.27. The Kier molecular flexibility index (Phi) is 4.51. The van der Waals surface area contributed by atoms with Crippen LogP contribution in [0.2, 0.25) is 0 Å². The first-order valence-corrected chi connectivity index (χ1v) is 8.11. The van der Waals surface area contributed by atoms with Gasteiger partial charge in [0.15, 0.2) is 0 Å². The molecule has 2 aromatic heterocycles. The Morgan fingerprint density at radius 1 is 1.31 bits per heavy atom. The van der Waals surface area contributed by atoms with E-state index in [1.165, 1.54) is 7.11 Å². The van der Waals surface area contributed by atoms with Gasteiger partial charge >= 0.3 is 11.7 Å². The molecule has 0 bridgehead atoms. The first-order chi connectivity index (χ1) is 12.3. The number of benzene rings is 1. The van der Waals surface area contributed by atoms with E-state index < -0.39 is 22.4 Å². The Labute approximate surface area is 150 Å². The van der Waals surface area contributed by atoms with Gasteiger partial charge in [0.25, 0.3) is 0 Å². The Balaban J connectivity index is 2.20. The van der Waals surface area contributed by atoms with E-state index >= 15 is 0 Å². The van der Waals surface area contributed by atoms with Crippen molar-refractivity contribution in [2.75, 3.05) is 7.11 Å². The highest BCUT2D eigenvalue weighted by Crippen LogP contribution is 2.39. The molecule has 3 rings (SSSR count). The summed E-state index contributed by atoms with van der Waals surface area (Å²) < 4.78 is 23.9. The summed E-state index contributed by atoms with van der Waals surface area (Å²) in [5.41, 5.74) is 0.114. The molecule has 0 atom stereocenters. The molecular weight excluding hydrogens is 365 g/mol. The number of thiophene rings is 1. The Hall–Kier alpha value is -3.14. The molecule has 2 heterocycles. The molecular formula is C16H12FN3O5S. The number of aryl methyl sites for hydroxylation is 2. The number of hydrogen-bond donors (Lipinski definition) is 0. The number of ether oxygens (including phenoxy) is 2. The molecule has 0 spiro atoms. The number of methoxy groups -OCH3 is 1. The van der Waals surface area contributed by atoms with E-state index in [9.17, 15) is 19.3 Å². The Morgan fingerprint density at radius 3 is 2.69 bits per heavy atom. The zero-order valence-corrected chi connectivity index (χ0v) is 14.7. The summed E-state index contributed by atoms with van der Waals surface area (Å²) in [5.74, 6) is -1.18. The molecule has 0 saturated carbocycles. The highest BCUT2D eigenvalue weighted by atomic mass is 32.1. The second-order valence-electron chi connectivity index (χ2n) is 5.28. The quantitative estimate of drug-likeness (QED) is 0.385. The number of hydrogen-bond acceptors (Lipinski definition) is 8. The molecule has 0 fully saturated rings. The van der Waals surface area contributed by atoms with Gasteiger partial charge in [-0.2, -0.15) is 4.98 Å². The van der Waals surface area contributed by atoms with Crippen LogP contribution >= 0.6 is 11.3 Å². The van der Waals surface area contributed by atoms with Gasteiger partial charge in [0.1, 0.15) is 21.3 Å². The SMILES string of the molecule is COC(=O)c1sc2nc(C)nc(Oc3cc(F)ccc3[N+](=O)[O-])c2c1C. The van der Waals surface area contributed by atoms with Crippen molar-refractivity contribution < 1.29 is 23.6 Å². The monoisotopic (exact) mass is 377 g/mol. The van der Waals surface area contributed by atoms with E-state index in [4.69, 9.17) is 9.47 Å². The fourth-order valence-electron chi connectivity index (χ4n) is 2.39. The minimum Gasteiger partial charge on any atom is -0.465 e. The summed E-state index contributed by atoms with van der Waals surface area (Å²) in [6.07, 6.45) is 0. The van der Waals surface area contributed by atoms with Crippen LogP contribution in [0.1, 0.15) is 21.1 Å². The summed E-state index contributed by atoms with van der Waals surface area (Å²) in [5, 5.41) is 11.6. The van der Waals surface area contributed by atoms with Crippen molar-refractivity contribution in [1.82, 2.24) is 9.97 Å². The van der Waals surface area contributed by atoms with Gasteiger partial charge in [-0.15, -0.1) is 11.3 Å². The largest absolute Gasteiger partial charge is 0.465 e. The zero-order valence-electron chi connectivity index (χ0n) is 13.9. The van der Waals surface area contributed by atoms with Crippen LogP contribution in [0.15, 0.2) is 18.2 Å². The highest BCUT2D eigenvalue weighted by Gasteiger charge is 2.24. The average Bonchev–Trinajstić information content (AvgIpc) is 2.90. The first-order valence-electron chi connectivity index (χ1n) is 7.29. The number of nitro groups is 1. The van der Waals surface area contributed by atoms with Crippen molar-refractivity contribution in [3.63, 3.8) is 0 Å². The van der Waals surface area contributed by atoms with Gasteiger partial charge in [0, 0.05) is 12.1 Å². The lowest BCUT2D eigenvalue weighted by Gasteiger charge is -2.08. The predicted octanol–water partition coefficient (Wildman–Crippen LogP) is 3.93. The first kappa shape index (κ1) is 17.7. The topological polar surface area (TPSA) is 104 Å². The van der Waals surface area contributed by atoms with Crippen molar-refractivity contribution >= 4 is 33.2 Å². The van der Waals surface area contributed by atoms with Crippen molar-refractivity contribution in [3.8, 4) is 11.6 Å². The molecule has 0 saturated heterocycles. The fraction of sp³-hybridized carbons (Fsp3) is 0.188. The third kappa shape index (κ3) is 3.06. The molecule has 0 aliphatic heterocycles. The summed E-state index contributed by atoms with van der Waals surface area (Å²) >= 11 is 1.10. The van der Waals surface area contributed by atoms with Gasteiger partial charge in [-0.25, -0.2) is 14.2 Å². The van der Waals surface area contributed by atoms with Crippen LogP contribution in [0.3, 0.4) is 0 Å². The third-order valence-electron chi connectivity index (χ3n) is 3.56. The van der Waals surface area contributed by atoms with Crippen LogP contribution in [0.4, 0.5) is 10.1 Å². The number of aromatic nitrogens is 2. The number of esters is 1. The number of fused-ring (bicyclic) bond motifs is 1. The van der Waals surface area contributed by atoms with Crippen molar-refractivity contribution in [2.45, 2.75) is 13.8 Å². The number of carbonyl (C=O) groups excluding carboxylic acids is 1. The van der Waals surface area contributed by atoms with Gasteiger partial charge in [0.2, 0.25) is 11.6 Å². The van der Waals surface area contributed by atoms with E-state index in [0.29, 0.717) is 26.5 Å². The molecule has 26 heavy (non-hydrogen) atoms. The molecule has 0 aliphatic rings. The Morgan fingerprint density at radius 2 is 2.04 bits per heavy atom. The lowest BCUT2D eigenvalue weighted by Crippen LogP contribution is -2.00. The smallest absolute Gasteiger partial charge is 0.348 e. The van der Waals surface area contributed by atoms with Gasteiger partial charge in [-0.3, -0.25) is 10.1 Å². The van der Waals surface area contributed by atoms with Crippen LogP contribution < -0.4 is 4.74 Å². The van der Waals surface area contributed by atoms with Crippen LogP contribution in [0.5, 0.6) is 11.6 Å². The van der Waals surface area contributed by atoms with Crippen LogP contribution in [-0.2, 0) is 4.74 Å². The van der Waals surface area contributed by atoms with Gasteiger partial charge in [-0.1, -0.05) is 0 Å². The maximum atomic E-state index is 13.5. The van der Waals surface area contributed by atoms with Crippen LogP contribution in [-0.4, -0.2) is 28.0 Å². The number of nitro benzene ring substituents is 1. The third-order valence-corrected chi connectivity index (χ3v) is 4.73.